The fourth-order valence-electron chi connectivity index (χ4n) is 1.93. The van der Waals surface area contributed by atoms with Gasteiger partial charge < -0.3 is 0 Å². The highest BCUT2D eigenvalue weighted by atomic mass is 79.9. The van der Waals surface area contributed by atoms with Crippen LogP contribution < -0.4 is 10.9 Å². The quantitative estimate of drug-likeness (QED) is 0.601. The second kappa shape index (κ2) is 6.47. The third-order valence-corrected chi connectivity index (χ3v) is 4.28. The molecular formula is C14H9Br2N5O2. The second-order valence-electron chi connectivity index (χ2n) is 4.44. The van der Waals surface area contributed by atoms with E-state index in [-0.39, 0.29) is 5.69 Å². The van der Waals surface area contributed by atoms with Crippen LogP contribution in [-0.2, 0) is 0 Å². The Kier molecular flexibility index (Phi) is 4.39. The molecule has 3 rings (SSSR count). The average molecular weight is 439 g/mol. The fraction of sp³-hybridized carbons (Fsp3) is 0. The fourth-order valence-corrected chi connectivity index (χ4v) is 2.79. The highest BCUT2D eigenvalue weighted by Gasteiger charge is 2.16. The molecule has 7 nitrogen and oxygen atoms in total. The third kappa shape index (κ3) is 3.10. The molecule has 116 valence electrons. The molecule has 0 saturated carbocycles. The zero-order valence-electron chi connectivity index (χ0n) is 11.5. The number of carbonyl (C=O) groups excluding carboxylic acids is 2. The summed E-state index contributed by atoms with van der Waals surface area (Å²) in [5.74, 6) is -1.00. The Labute approximate surface area is 147 Å². The molecule has 9 heteroatoms. The van der Waals surface area contributed by atoms with Crippen LogP contribution in [0.15, 0.2) is 51.9 Å². The molecule has 0 spiro atoms. The minimum absolute atomic E-state index is 0.102. The largest absolute Gasteiger partial charge is 0.292 e. The molecule has 0 unspecified atom stereocenters. The number of aromatic nitrogens is 3. The molecular weight excluding hydrogens is 430 g/mol. The van der Waals surface area contributed by atoms with Gasteiger partial charge in [-0.1, -0.05) is 12.1 Å². The Hall–Kier alpha value is -2.26. The lowest BCUT2D eigenvalue weighted by molar-refractivity contribution is 0.0844. The van der Waals surface area contributed by atoms with Gasteiger partial charge in [-0.2, -0.15) is 0 Å². The number of carbonyl (C=O) groups is 2. The molecule has 23 heavy (non-hydrogen) atoms. The van der Waals surface area contributed by atoms with E-state index in [1.54, 1.807) is 41.1 Å². The minimum atomic E-state index is -0.561. The van der Waals surface area contributed by atoms with Gasteiger partial charge in [0.25, 0.3) is 11.8 Å². The van der Waals surface area contributed by atoms with E-state index in [1.807, 2.05) is 0 Å². The number of hydrazine groups is 1. The lowest BCUT2D eigenvalue weighted by atomic mass is 10.2. The number of hydrogen-bond acceptors (Lipinski definition) is 4. The van der Waals surface area contributed by atoms with Crippen molar-refractivity contribution in [1.82, 2.24) is 25.2 Å². The zero-order valence-corrected chi connectivity index (χ0v) is 14.6. The van der Waals surface area contributed by atoms with Crippen molar-refractivity contribution < 1.29 is 9.59 Å². The summed E-state index contributed by atoms with van der Waals surface area (Å²) in [4.78, 5) is 32.4. The average Bonchev–Trinajstić information content (AvgIpc) is 2.94. The SMILES string of the molecule is O=C(NNC(=O)c1nccn2c(Br)cnc12)c1ccccc1Br. The first-order chi connectivity index (χ1) is 11.1. The summed E-state index contributed by atoms with van der Waals surface area (Å²) >= 11 is 6.60. The normalized spacial score (nSPS) is 10.5. The van der Waals surface area contributed by atoms with Gasteiger partial charge in [0, 0.05) is 16.9 Å². The molecule has 0 atom stereocenters. The van der Waals surface area contributed by atoms with Crippen LogP contribution in [0.4, 0.5) is 0 Å². The van der Waals surface area contributed by atoms with Gasteiger partial charge in [-0.25, -0.2) is 9.97 Å². The van der Waals surface area contributed by atoms with Crippen molar-refractivity contribution in [1.29, 1.82) is 0 Å². The van der Waals surface area contributed by atoms with Crippen LogP contribution in [-0.4, -0.2) is 26.2 Å². The summed E-state index contributed by atoms with van der Waals surface area (Å²) in [5.41, 5.74) is 5.58. The van der Waals surface area contributed by atoms with Gasteiger partial charge in [-0.05, 0) is 44.0 Å². The molecule has 2 aromatic heterocycles. The molecule has 0 aliphatic rings. The van der Waals surface area contributed by atoms with Gasteiger partial charge in [0.2, 0.25) is 0 Å². The van der Waals surface area contributed by atoms with Crippen LogP contribution in [0.2, 0.25) is 0 Å². The number of amides is 2. The van der Waals surface area contributed by atoms with Gasteiger partial charge >= 0.3 is 0 Å². The van der Waals surface area contributed by atoms with E-state index in [0.717, 1.165) is 0 Å². The molecule has 3 aromatic rings. The summed E-state index contributed by atoms with van der Waals surface area (Å²) in [5, 5.41) is 0. The Morgan fingerprint density at radius 2 is 1.78 bits per heavy atom. The van der Waals surface area contributed by atoms with Gasteiger partial charge in [-0.15, -0.1) is 0 Å². The molecule has 0 aliphatic heterocycles. The molecule has 0 aliphatic carbocycles. The molecule has 2 N–H and O–H groups in total. The van der Waals surface area contributed by atoms with E-state index in [0.29, 0.717) is 20.3 Å². The first-order valence-electron chi connectivity index (χ1n) is 6.40. The van der Waals surface area contributed by atoms with Crippen molar-refractivity contribution in [3.8, 4) is 0 Å². The topological polar surface area (TPSA) is 88.4 Å². The molecule has 0 bridgehead atoms. The maximum Gasteiger partial charge on any atom is 0.292 e. The lowest BCUT2D eigenvalue weighted by Crippen LogP contribution is -2.42. The first kappa shape index (κ1) is 15.6. The van der Waals surface area contributed by atoms with Crippen LogP contribution in [0, 0.1) is 0 Å². The van der Waals surface area contributed by atoms with Crippen LogP contribution in [0.3, 0.4) is 0 Å². The minimum Gasteiger partial charge on any atom is -0.291 e. The standard InChI is InChI=1S/C14H9Br2N5O2/c15-9-4-2-1-3-8(9)13(22)19-20-14(23)11-12-18-7-10(16)21(12)6-5-17-11/h1-7H,(H,19,22)(H,20,23). The van der Waals surface area contributed by atoms with E-state index >= 15 is 0 Å². The van der Waals surface area contributed by atoms with Crippen LogP contribution >= 0.6 is 31.9 Å². The molecule has 1 aromatic carbocycles. The summed E-state index contributed by atoms with van der Waals surface area (Å²) in [7, 11) is 0. The predicted octanol–water partition coefficient (Wildman–Crippen LogP) is 2.33. The van der Waals surface area contributed by atoms with E-state index in [2.05, 4.69) is 52.7 Å². The number of imidazole rings is 1. The molecule has 2 amide bonds. The second-order valence-corrected chi connectivity index (χ2v) is 6.11. The van der Waals surface area contributed by atoms with Crippen molar-refractivity contribution in [2.24, 2.45) is 0 Å². The number of rotatable bonds is 2. The molecule has 0 fully saturated rings. The summed E-state index contributed by atoms with van der Waals surface area (Å²) < 4.78 is 2.99. The molecule has 0 radical (unpaired) electrons. The maximum atomic E-state index is 12.2. The van der Waals surface area contributed by atoms with E-state index < -0.39 is 11.8 Å². The van der Waals surface area contributed by atoms with Crippen LogP contribution in [0.25, 0.3) is 5.65 Å². The number of hydrogen-bond donors (Lipinski definition) is 2. The monoisotopic (exact) mass is 437 g/mol. The zero-order chi connectivity index (χ0) is 16.4. The summed E-state index contributed by atoms with van der Waals surface area (Å²) in [6, 6.07) is 6.89. The van der Waals surface area contributed by atoms with Crippen molar-refractivity contribution in [3.05, 3.63) is 63.2 Å². The Morgan fingerprint density at radius 1 is 1.04 bits per heavy atom. The Bertz CT molecular complexity index is 909. The van der Waals surface area contributed by atoms with Gasteiger partial charge in [-0.3, -0.25) is 24.8 Å². The Balaban J connectivity index is 1.77. The Morgan fingerprint density at radius 3 is 2.57 bits per heavy atom. The summed E-state index contributed by atoms with van der Waals surface area (Å²) in [6.07, 6.45) is 4.71. The number of nitrogens with zero attached hydrogens (tertiary/aromatic N) is 3. The molecule has 0 saturated heterocycles. The van der Waals surface area contributed by atoms with Gasteiger partial charge in [0.1, 0.15) is 4.60 Å². The summed E-state index contributed by atoms with van der Waals surface area (Å²) in [6.45, 7) is 0. The van der Waals surface area contributed by atoms with Crippen molar-refractivity contribution in [3.63, 3.8) is 0 Å². The highest BCUT2D eigenvalue weighted by molar-refractivity contribution is 9.10. The first-order valence-corrected chi connectivity index (χ1v) is 7.99. The third-order valence-electron chi connectivity index (χ3n) is 3.01. The predicted molar refractivity (Wildman–Crippen MR) is 89.8 cm³/mol. The van der Waals surface area contributed by atoms with Crippen LogP contribution in [0.1, 0.15) is 20.8 Å². The smallest absolute Gasteiger partial charge is 0.291 e. The lowest BCUT2D eigenvalue weighted by Gasteiger charge is -2.08. The number of fused-ring (bicyclic) bond motifs is 1. The number of halogens is 2. The van der Waals surface area contributed by atoms with Crippen LogP contribution in [0.5, 0.6) is 0 Å². The van der Waals surface area contributed by atoms with E-state index in [9.17, 15) is 9.59 Å². The van der Waals surface area contributed by atoms with Gasteiger partial charge in [0.15, 0.2) is 11.3 Å². The maximum absolute atomic E-state index is 12.2. The van der Waals surface area contributed by atoms with Crippen molar-refractivity contribution in [2.75, 3.05) is 0 Å². The van der Waals surface area contributed by atoms with Gasteiger partial charge in [0.05, 0.1) is 11.8 Å². The van der Waals surface area contributed by atoms with Crippen molar-refractivity contribution in [2.45, 2.75) is 0 Å². The van der Waals surface area contributed by atoms with Crippen molar-refractivity contribution >= 4 is 49.3 Å². The number of nitrogens with one attached hydrogen (secondary N) is 2. The highest BCUT2D eigenvalue weighted by Crippen LogP contribution is 2.16. The number of benzene rings is 1. The van der Waals surface area contributed by atoms with E-state index in [1.165, 1.54) is 6.20 Å². The molecule has 2 heterocycles. The van der Waals surface area contributed by atoms with E-state index in [4.69, 9.17) is 0 Å².